The molecule has 0 saturated carbocycles. The molecule has 32 heavy (non-hydrogen) atoms. The molecule has 5 rings (SSSR count). The van der Waals surface area contributed by atoms with Gasteiger partial charge < -0.3 is 9.80 Å². The number of nitrogens with zero attached hydrogens (tertiary/aromatic N) is 5. The van der Waals surface area contributed by atoms with Gasteiger partial charge in [-0.15, -0.1) is 0 Å². The molecule has 6 nitrogen and oxygen atoms in total. The van der Waals surface area contributed by atoms with Crippen molar-refractivity contribution in [2.24, 2.45) is 0 Å². The first-order valence-corrected chi connectivity index (χ1v) is 11.3. The molecule has 1 atom stereocenters. The standard InChI is InChI=1S/C24H27F2N5O/c1-15-14-31-21(27-23(15)29-10-5-6-11-29)13-19(28-31)20-7-3-4-12-30(20)24(32)17-8-9-18(25)22(26)16(17)2/h8-9,13-14,20H,3-7,10-12H2,1-2H3. The SMILES string of the molecule is Cc1cn2nc(C3CCCCN3C(=O)c3ccc(F)c(F)c3C)cc2nc1N1CCCC1. The highest BCUT2D eigenvalue weighted by atomic mass is 19.2. The highest BCUT2D eigenvalue weighted by Crippen LogP contribution is 2.33. The molecule has 0 aliphatic carbocycles. The molecular weight excluding hydrogens is 412 g/mol. The lowest BCUT2D eigenvalue weighted by atomic mass is 9.97. The molecule has 8 heteroatoms. The van der Waals surface area contributed by atoms with E-state index in [1.54, 1.807) is 9.42 Å². The zero-order valence-electron chi connectivity index (χ0n) is 18.4. The van der Waals surface area contributed by atoms with Gasteiger partial charge in [-0.1, -0.05) is 0 Å². The normalized spacial score (nSPS) is 19.2. The third-order valence-electron chi connectivity index (χ3n) is 6.70. The number of piperidine rings is 1. The smallest absolute Gasteiger partial charge is 0.254 e. The summed E-state index contributed by atoms with van der Waals surface area (Å²) in [5.41, 5.74) is 2.85. The second-order valence-electron chi connectivity index (χ2n) is 8.86. The third-order valence-corrected chi connectivity index (χ3v) is 6.70. The van der Waals surface area contributed by atoms with Crippen LogP contribution < -0.4 is 4.90 Å². The summed E-state index contributed by atoms with van der Waals surface area (Å²) in [6.45, 7) is 6.08. The highest BCUT2D eigenvalue weighted by Gasteiger charge is 2.32. The molecule has 1 amide bonds. The van der Waals surface area contributed by atoms with Crippen molar-refractivity contribution >= 4 is 17.4 Å². The van der Waals surface area contributed by atoms with Gasteiger partial charge >= 0.3 is 0 Å². The lowest BCUT2D eigenvalue weighted by Gasteiger charge is -2.35. The van der Waals surface area contributed by atoms with Crippen LogP contribution in [0.2, 0.25) is 0 Å². The predicted octanol–water partition coefficient (Wildman–Crippen LogP) is 4.59. The van der Waals surface area contributed by atoms with E-state index in [-0.39, 0.29) is 23.1 Å². The van der Waals surface area contributed by atoms with Gasteiger partial charge in [-0.2, -0.15) is 5.10 Å². The predicted molar refractivity (Wildman–Crippen MR) is 118 cm³/mol. The summed E-state index contributed by atoms with van der Waals surface area (Å²) < 4.78 is 29.5. The number of aromatic nitrogens is 3. The van der Waals surface area contributed by atoms with E-state index in [2.05, 4.69) is 4.90 Å². The van der Waals surface area contributed by atoms with E-state index in [9.17, 15) is 13.6 Å². The van der Waals surface area contributed by atoms with Gasteiger partial charge in [0.05, 0.1) is 11.7 Å². The fourth-order valence-electron chi connectivity index (χ4n) is 4.95. The first-order valence-electron chi connectivity index (χ1n) is 11.3. The molecule has 0 radical (unpaired) electrons. The summed E-state index contributed by atoms with van der Waals surface area (Å²) in [6, 6.07) is 4.12. The van der Waals surface area contributed by atoms with Crippen LogP contribution in [0.5, 0.6) is 0 Å². The van der Waals surface area contributed by atoms with E-state index in [1.807, 2.05) is 19.2 Å². The second-order valence-corrected chi connectivity index (χ2v) is 8.86. The number of hydrogen-bond acceptors (Lipinski definition) is 4. The zero-order valence-corrected chi connectivity index (χ0v) is 18.4. The average molecular weight is 440 g/mol. The number of aryl methyl sites for hydroxylation is 1. The van der Waals surface area contributed by atoms with Gasteiger partial charge in [0.1, 0.15) is 5.82 Å². The lowest BCUT2D eigenvalue weighted by Crippen LogP contribution is -2.39. The van der Waals surface area contributed by atoms with Crippen molar-refractivity contribution in [1.82, 2.24) is 19.5 Å². The number of fused-ring (bicyclic) bond motifs is 1. The van der Waals surface area contributed by atoms with E-state index >= 15 is 0 Å². The summed E-state index contributed by atoms with van der Waals surface area (Å²) in [7, 11) is 0. The van der Waals surface area contributed by atoms with Crippen LogP contribution in [0.25, 0.3) is 5.65 Å². The Hall–Kier alpha value is -3.03. The summed E-state index contributed by atoms with van der Waals surface area (Å²) in [4.78, 5) is 22.3. The van der Waals surface area contributed by atoms with Crippen LogP contribution in [0.3, 0.4) is 0 Å². The zero-order chi connectivity index (χ0) is 22.4. The first kappa shape index (κ1) is 20.8. The maximum Gasteiger partial charge on any atom is 0.254 e. The molecule has 1 aromatic carbocycles. The minimum atomic E-state index is -0.966. The summed E-state index contributed by atoms with van der Waals surface area (Å²) in [5, 5.41) is 4.75. The Labute approximate surface area is 185 Å². The van der Waals surface area contributed by atoms with Crippen LogP contribution >= 0.6 is 0 Å². The molecule has 2 saturated heterocycles. The summed E-state index contributed by atoms with van der Waals surface area (Å²) in [6.07, 6.45) is 6.97. The number of benzene rings is 1. The Balaban J connectivity index is 1.49. The molecule has 2 aromatic heterocycles. The Morgan fingerprint density at radius 3 is 2.59 bits per heavy atom. The van der Waals surface area contributed by atoms with Crippen molar-refractivity contribution < 1.29 is 13.6 Å². The molecule has 0 N–H and O–H groups in total. The van der Waals surface area contributed by atoms with Crippen molar-refractivity contribution in [1.29, 1.82) is 0 Å². The van der Waals surface area contributed by atoms with Crippen molar-refractivity contribution in [3.63, 3.8) is 0 Å². The van der Waals surface area contributed by atoms with Crippen LogP contribution in [-0.2, 0) is 0 Å². The average Bonchev–Trinajstić information content (AvgIpc) is 3.46. The monoisotopic (exact) mass is 439 g/mol. The fraction of sp³-hybridized carbons (Fsp3) is 0.458. The number of amides is 1. The van der Waals surface area contributed by atoms with E-state index < -0.39 is 11.6 Å². The Morgan fingerprint density at radius 2 is 1.81 bits per heavy atom. The van der Waals surface area contributed by atoms with Gasteiger partial charge in [-0.25, -0.2) is 18.3 Å². The van der Waals surface area contributed by atoms with Crippen molar-refractivity contribution in [3.8, 4) is 0 Å². The lowest BCUT2D eigenvalue weighted by molar-refractivity contribution is 0.0604. The molecular formula is C24H27F2N5O. The first-order chi connectivity index (χ1) is 15.4. The molecule has 2 aliphatic heterocycles. The largest absolute Gasteiger partial charge is 0.356 e. The van der Waals surface area contributed by atoms with E-state index in [1.165, 1.54) is 25.8 Å². The molecule has 0 bridgehead atoms. The number of carbonyl (C=O) groups is 1. The topological polar surface area (TPSA) is 53.7 Å². The van der Waals surface area contributed by atoms with Gasteiger partial charge in [-0.3, -0.25) is 4.79 Å². The molecule has 1 unspecified atom stereocenters. The second kappa shape index (κ2) is 8.15. The number of hydrogen-bond donors (Lipinski definition) is 0. The Bertz CT molecular complexity index is 1180. The molecule has 4 heterocycles. The summed E-state index contributed by atoms with van der Waals surface area (Å²) >= 11 is 0. The van der Waals surface area contributed by atoms with Crippen LogP contribution in [0, 0.1) is 25.5 Å². The third kappa shape index (κ3) is 3.51. The van der Waals surface area contributed by atoms with E-state index in [0.29, 0.717) is 6.54 Å². The number of halogens is 2. The van der Waals surface area contributed by atoms with Gasteiger partial charge in [0.15, 0.2) is 17.3 Å². The summed E-state index contributed by atoms with van der Waals surface area (Å²) in [5.74, 6) is -1.20. The fourth-order valence-corrected chi connectivity index (χ4v) is 4.95. The minimum Gasteiger partial charge on any atom is -0.356 e. The molecule has 0 spiro atoms. The van der Waals surface area contributed by atoms with E-state index in [4.69, 9.17) is 10.1 Å². The quantitative estimate of drug-likeness (QED) is 0.599. The Morgan fingerprint density at radius 1 is 1.06 bits per heavy atom. The van der Waals surface area contributed by atoms with E-state index in [0.717, 1.165) is 61.1 Å². The van der Waals surface area contributed by atoms with Crippen LogP contribution in [0.15, 0.2) is 24.4 Å². The minimum absolute atomic E-state index is 0.0434. The molecule has 168 valence electrons. The van der Waals surface area contributed by atoms with Gasteiger partial charge in [0.2, 0.25) is 0 Å². The molecule has 2 fully saturated rings. The van der Waals surface area contributed by atoms with Crippen molar-refractivity contribution in [2.75, 3.05) is 24.5 Å². The number of carbonyl (C=O) groups excluding carboxylic acids is 1. The highest BCUT2D eigenvalue weighted by molar-refractivity contribution is 5.96. The number of rotatable bonds is 3. The maximum atomic E-state index is 14.1. The van der Waals surface area contributed by atoms with Crippen LogP contribution in [0.1, 0.15) is 65.3 Å². The van der Waals surface area contributed by atoms with Gasteiger partial charge in [0, 0.05) is 48.6 Å². The number of likely N-dealkylation sites (tertiary alicyclic amines) is 1. The van der Waals surface area contributed by atoms with Gasteiger partial charge in [-0.05, 0) is 58.1 Å². The number of anilines is 1. The van der Waals surface area contributed by atoms with Crippen LogP contribution in [0.4, 0.5) is 14.6 Å². The molecule has 3 aromatic rings. The van der Waals surface area contributed by atoms with Crippen LogP contribution in [-0.4, -0.2) is 45.0 Å². The van der Waals surface area contributed by atoms with Gasteiger partial charge in [0.25, 0.3) is 5.91 Å². The maximum absolute atomic E-state index is 14.1. The van der Waals surface area contributed by atoms with Crippen molar-refractivity contribution in [3.05, 3.63) is 58.4 Å². The Kier molecular flexibility index (Phi) is 5.31. The molecule has 2 aliphatic rings. The van der Waals surface area contributed by atoms with Crippen molar-refractivity contribution in [2.45, 2.75) is 52.0 Å².